The molecule has 66 valence electrons. The van der Waals surface area contributed by atoms with Gasteiger partial charge in [-0.3, -0.25) is 11.3 Å². The average molecular weight is 164 g/mol. The summed E-state index contributed by atoms with van der Waals surface area (Å²) in [5.41, 5.74) is 5.37. The van der Waals surface area contributed by atoms with Gasteiger partial charge in [0.1, 0.15) is 0 Å². The van der Waals surface area contributed by atoms with Crippen LogP contribution < -0.4 is 11.3 Å². The molecule has 0 aromatic heterocycles. The predicted octanol–water partition coefficient (Wildman–Crippen LogP) is 1.25. The van der Waals surface area contributed by atoms with Crippen LogP contribution in [-0.2, 0) is 12.8 Å². The highest BCUT2D eigenvalue weighted by Gasteiger charge is 1.91. The third-order valence-corrected chi connectivity index (χ3v) is 1.99. The van der Waals surface area contributed by atoms with E-state index in [0.29, 0.717) is 0 Å². The van der Waals surface area contributed by atoms with Crippen molar-refractivity contribution in [3.05, 3.63) is 35.4 Å². The second kappa shape index (κ2) is 4.91. The van der Waals surface area contributed by atoms with Crippen LogP contribution in [0.25, 0.3) is 0 Å². The summed E-state index contributed by atoms with van der Waals surface area (Å²) in [6.45, 7) is 3.00. The molecule has 0 spiro atoms. The minimum Gasteiger partial charge on any atom is -0.271 e. The second-order valence-electron chi connectivity index (χ2n) is 2.87. The van der Waals surface area contributed by atoms with E-state index in [9.17, 15) is 0 Å². The number of hydrazine groups is 1. The molecule has 1 aromatic rings. The lowest BCUT2D eigenvalue weighted by atomic mass is 10.1. The van der Waals surface area contributed by atoms with Gasteiger partial charge in [0.15, 0.2) is 0 Å². The van der Waals surface area contributed by atoms with E-state index in [0.717, 1.165) is 19.4 Å². The molecule has 0 unspecified atom stereocenters. The van der Waals surface area contributed by atoms with Crippen molar-refractivity contribution in [1.82, 2.24) is 5.43 Å². The number of nitrogens with two attached hydrogens (primary N) is 1. The molecule has 0 aliphatic rings. The van der Waals surface area contributed by atoms with Gasteiger partial charge in [-0.15, -0.1) is 0 Å². The molecule has 3 N–H and O–H groups in total. The number of hydrogen-bond donors (Lipinski definition) is 2. The molecule has 0 saturated heterocycles. The van der Waals surface area contributed by atoms with E-state index in [1.54, 1.807) is 0 Å². The Labute approximate surface area is 73.8 Å². The SMILES string of the molecule is CCc1ccc(CCNN)cc1. The topological polar surface area (TPSA) is 38.0 Å². The van der Waals surface area contributed by atoms with Crippen LogP contribution in [0.5, 0.6) is 0 Å². The van der Waals surface area contributed by atoms with E-state index in [2.05, 4.69) is 36.6 Å². The van der Waals surface area contributed by atoms with Gasteiger partial charge in [-0.05, 0) is 24.0 Å². The first kappa shape index (κ1) is 9.23. The zero-order chi connectivity index (χ0) is 8.81. The molecule has 0 radical (unpaired) electrons. The van der Waals surface area contributed by atoms with E-state index in [4.69, 9.17) is 5.84 Å². The van der Waals surface area contributed by atoms with Crippen LogP contribution >= 0.6 is 0 Å². The van der Waals surface area contributed by atoms with Crippen molar-refractivity contribution in [2.75, 3.05) is 6.54 Å². The number of benzene rings is 1. The molecule has 0 aliphatic heterocycles. The van der Waals surface area contributed by atoms with E-state index in [-0.39, 0.29) is 0 Å². The molecule has 2 nitrogen and oxygen atoms in total. The summed E-state index contributed by atoms with van der Waals surface area (Å²) in [5.74, 6) is 5.18. The first-order valence-corrected chi connectivity index (χ1v) is 4.38. The molecule has 2 heteroatoms. The Morgan fingerprint density at radius 2 is 1.75 bits per heavy atom. The predicted molar refractivity (Wildman–Crippen MR) is 51.7 cm³/mol. The van der Waals surface area contributed by atoms with Crippen LogP contribution in [0.2, 0.25) is 0 Å². The van der Waals surface area contributed by atoms with Crippen LogP contribution in [0, 0.1) is 0 Å². The second-order valence-corrected chi connectivity index (χ2v) is 2.87. The summed E-state index contributed by atoms with van der Waals surface area (Å²) in [6.07, 6.45) is 2.11. The maximum absolute atomic E-state index is 5.18. The summed E-state index contributed by atoms with van der Waals surface area (Å²) in [5, 5.41) is 0. The smallest absolute Gasteiger partial charge is 0.0138 e. The maximum Gasteiger partial charge on any atom is 0.0138 e. The van der Waals surface area contributed by atoms with Crippen molar-refractivity contribution in [3.63, 3.8) is 0 Å². The van der Waals surface area contributed by atoms with Crippen LogP contribution in [0.4, 0.5) is 0 Å². The first-order valence-electron chi connectivity index (χ1n) is 4.38. The Kier molecular flexibility index (Phi) is 3.77. The Hall–Kier alpha value is -0.860. The highest BCUT2D eigenvalue weighted by Crippen LogP contribution is 2.04. The third-order valence-electron chi connectivity index (χ3n) is 1.99. The van der Waals surface area contributed by atoms with Crippen molar-refractivity contribution < 1.29 is 0 Å². The highest BCUT2D eigenvalue weighted by molar-refractivity contribution is 5.22. The molecule has 12 heavy (non-hydrogen) atoms. The summed E-state index contributed by atoms with van der Waals surface area (Å²) in [4.78, 5) is 0. The zero-order valence-electron chi connectivity index (χ0n) is 7.51. The Balaban J connectivity index is 2.53. The minimum absolute atomic E-state index is 0.839. The lowest BCUT2D eigenvalue weighted by Crippen LogP contribution is -2.24. The number of aryl methyl sites for hydroxylation is 1. The van der Waals surface area contributed by atoms with Crippen molar-refractivity contribution in [1.29, 1.82) is 0 Å². The van der Waals surface area contributed by atoms with Crippen molar-refractivity contribution in [2.45, 2.75) is 19.8 Å². The van der Waals surface area contributed by atoms with Crippen molar-refractivity contribution >= 4 is 0 Å². The third kappa shape index (κ3) is 2.64. The quantitative estimate of drug-likeness (QED) is 0.519. The number of rotatable bonds is 4. The van der Waals surface area contributed by atoms with Crippen molar-refractivity contribution in [3.8, 4) is 0 Å². The van der Waals surface area contributed by atoms with Gasteiger partial charge < -0.3 is 0 Å². The highest BCUT2D eigenvalue weighted by atomic mass is 15.2. The molecule has 0 atom stereocenters. The van der Waals surface area contributed by atoms with Gasteiger partial charge in [0.2, 0.25) is 0 Å². The summed E-state index contributed by atoms with van der Waals surface area (Å²) in [6, 6.07) is 8.67. The summed E-state index contributed by atoms with van der Waals surface area (Å²) >= 11 is 0. The Morgan fingerprint density at radius 3 is 2.25 bits per heavy atom. The largest absolute Gasteiger partial charge is 0.271 e. The molecule has 0 bridgehead atoms. The van der Waals surface area contributed by atoms with Gasteiger partial charge in [-0.1, -0.05) is 31.2 Å². The number of hydrogen-bond acceptors (Lipinski definition) is 2. The van der Waals surface area contributed by atoms with E-state index < -0.39 is 0 Å². The zero-order valence-corrected chi connectivity index (χ0v) is 7.51. The van der Waals surface area contributed by atoms with Gasteiger partial charge in [0.25, 0.3) is 0 Å². The molecule has 0 saturated carbocycles. The van der Waals surface area contributed by atoms with Gasteiger partial charge >= 0.3 is 0 Å². The summed E-state index contributed by atoms with van der Waals surface area (Å²) < 4.78 is 0. The van der Waals surface area contributed by atoms with Gasteiger partial charge in [-0.2, -0.15) is 0 Å². The van der Waals surface area contributed by atoms with Crippen molar-refractivity contribution in [2.24, 2.45) is 5.84 Å². The molecule has 0 amide bonds. The lowest BCUT2D eigenvalue weighted by molar-refractivity contribution is 0.728. The van der Waals surface area contributed by atoms with Crippen LogP contribution in [0.3, 0.4) is 0 Å². The van der Waals surface area contributed by atoms with Gasteiger partial charge in [0.05, 0.1) is 0 Å². The van der Waals surface area contributed by atoms with E-state index in [1.807, 2.05) is 0 Å². The van der Waals surface area contributed by atoms with Crippen LogP contribution in [0.1, 0.15) is 18.1 Å². The standard InChI is InChI=1S/C10H16N2/c1-2-9-3-5-10(6-4-9)7-8-12-11/h3-6,12H,2,7-8,11H2,1H3. The molecular formula is C10H16N2. The molecular weight excluding hydrogens is 148 g/mol. The first-order chi connectivity index (χ1) is 5.86. The van der Waals surface area contributed by atoms with E-state index >= 15 is 0 Å². The number of nitrogens with one attached hydrogen (secondary N) is 1. The Bertz CT molecular complexity index is 216. The molecule has 0 aliphatic carbocycles. The average Bonchev–Trinajstić information content (AvgIpc) is 2.15. The maximum atomic E-state index is 5.18. The molecule has 1 rings (SSSR count). The molecule has 1 aromatic carbocycles. The molecule has 0 heterocycles. The molecule has 0 fully saturated rings. The fraction of sp³-hybridized carbons (Fsp3) is 0.400. The van der Waals surface area contributed by atoms with Gasteiger partial charge in [0, 0.05) is 6.54 Å². The fourth-order valence-corrected chi connectivity index (χ4v) is 1.16. The normalized spacial score (nSPS) is 10.2. The minimum atomic E-state index is 0.839. The summed E-state index contributed by atoms with van der Waals surface area (Å²) in [7, 11) is 0. The van der Waals surface area contributed by atoms with Gasteiger partial charge in [-0.25, -0.2) is 0 Å². The lowest BCUT2D eigenvalue weighted by Gasteiger charge is -2.01. The van der Waals surface area contributed by atoms with Crippen LogP contribution in [0.15, 0.2) is 24.3 Å². The van der Waals surface area contributed by atoms with E-state index in [1.165, 1.54) is 11.1 Å². The van der Waals surface area contributed by atoms with Crippen LogP contribution in [-0.4, -0.2) is 6.54 Å². The fourth-order valence-electron chi connectivity index (χ4n) is 1.16. The Morgan fingerprint density at radius 1 is 1.17 bits per heavy atom. The monoisotopic (exact) mass is 164 g/mol.